The van der Waals surface area contributed by atoms with Gasteiger partial charge in [-0.15, -0.1) is 5.10 Å². The van der Waals surface area contributed by atoms with E-state index in [0.29, 0.717) is 22.6 Å². The molecule has 1 fully saturated rings. The molecule has 0 atom stereocenters. The highest BCUT2D eigenvalue weighted by Gasteiger charge is 2.16. The molecule has 4 aromatic heterocycles. The Morgan fingerprint density at radius 1 is 1.13 bits per heavy atom. The molecular formula is C19H21ClN6O3S. The second kappa shape index (κ2) is 8.38. The topological polar surface area (TPSA) is 78.4 Å². The lowest BCUT2D eigenvalue weighted by molar-refractivity contribution is 0.0358. The number of ether oxygens (including phenoxy) is 3. The predicted molar refractivity (Wildman–Crippen MR) is 114 cm³/mol. The molecule has 0 N–H and O–H groups in total. The molecule has 158 valence electrons. The first kappa shape index (κ1) is 19.6. The number of hydrogen-bond acceptors (Lipinski definition) is 8. The highest BCUT2D eigenvalue weighted by molar-refractivity contribution is 7.18. The van der Waals surface area contributed by atoms with E-state index in [1.165, 1.54) is 11.3 Å². The summed E-state index contributed by atoms with van der Waals surface area (Å²) in [5, 5.41) is 10.1. The molecule has 0 aliphatic carbocycles. The second-order valence-corrected chi connectivity index (χ2v) is 8.32. The van der Waals surface area contributed by atoms with E-state index in [1.54, 1.807) is 22.3 Å². The van der Waals surface area contributed by atoms with Crippen LogP contribution < -0.4 is 9.47 Å². The normalized spacial score (nSPS) is 15.3. The van der Waals surface area contributed by atoms with Crippen molar-refractivity contribution in [3.8, 4) is 22.3 Å². The summed E-state index contributed by atoms with van der Waals surface area (Å²) in [7, 11) is 1.59. The van der Waals surface area contributed by atoms with Gasteiger partial charge in [0.1, 0.15) is 22.7 Å². The molecule has 9 nitrogen and oxygen atoms in total. The van der Waals surface area contributed by atoms with Crippen LogP contribution in [-0.4, -0.2) is 75.7 Å². The molecule has 0 amide bonds. The second-order valence-electron chi connectivity index (χ2n) is 6.96. The molecule has 0 bridgehead atoms. The predicted octanol–water partition coefficient (Wildman–Crippen LogP) is 2.87. The lowest BCUT2D eigenvalue weighted by Gasteiger charge is -2.26. The van der Waals surface area contributed by atoms with Gasteiger partial charge in [-0.3, -0.25) is 4.90 Å². The molecule has 0 aromatic carbocycles. The van der Waals surface area contributed by atoms with E-state index in [0.717, 1.165) is 61.1 Å². The van der Waals surface area contributed by atoms with Crippen molar-refractivity contribution in [2.45, 2.75) is 6.42 Å². The molecule has 1 saturated heterocycles. The van der Waals surface area contributed by atoms with Crippen LogP contribution in [-0.2, 0) is 4.74 Å². The van der Waals surface area contributed by atoms with E-state index in [-0.39, 0.29) is 0 Å². The maximum Gasteiger partial charge on any atom is 0.294 e. The molecule has 0 radical (unpaired) electrons. The van der Waals surface area contributed by atoms with E-state index >= 15 is 0 Å². The third-order valence-corrected chi connectivity index (χ3v) is 6.03. The van der Waals surface area contributed by atoms with Crippen molar-refractivity contribution in [3.63, 3.8) is 0 Å². The number of methoxy groups -OCH3 is 1. The number of hydrogen-bond donors (Lipinski definition) is 0. The number of imidazole rings is 1. The molecule has 4 aromatic rings. The van der Waals surface area contributed by atoms with Crippen molar-refractivity contribution in [3.05, 3.63) is 29.5 Å². The number of aromatic nitrogens is 5. The van der Waals surface area contributed by atoms with Gasteiger partial charge in [0, 0.05) is 31.9 Å². The van der Waals surface area contributed by atoms with E-state index < -0.39 is 0 Å². The number of nitrogens with zero attached hydrogens (tertiary/aromatic N) is 6. The highest BCUT2D eigenvalue weighted by Crippen LogP contribution is 2.30. The number of morpholine rings is 1. The summed E-state index contributed by atoms with van der Waals surface area (Å²) in [6.07, 6.45) is 4.53. The van der Waals surface area contributed by atoms with Gasteiger partial charge in [0.15, 0.2) is 0 Å². The van der Waals surface area contributed by atoms with Crippen LogP contribution >= 0.6 is 22.9 Å². The fraction of sp³-hybridized carbons (Fsp3) is 0.421. The van der Waals surface area contributed by atoms with Crippen LogP contribution in [0.3, 0.4) is 0 Å². The molecule has 5 rings (SSSR count). The van der Waals surface area contributed by atoms with Crippen molar-refractivity contribution in [2.24, 2.45) is 0 Å². The first-order valence-corrected chi connectivity index (χ1v) is 10.9. The maximum atomic E-state index is 6.29. The van der Waals surface area contributed by atoms with E-state index in [2.05, 4.69) is 20.1 Å². The van der Waals surface area contributed by atoms with Crippen molar-refractivity contribution >= 4 is 33.4 Å². The Bertz CT molecular complexity index is 1130. The minimum Gasteiger partial charge on any atom is -0.491 e. The summed E-state index contributed by atoms with van der Waals surface area (Å²) in [6, 6.07) is 3.78. The number of halogens is 1. The zero-order chi connectivity index (χ0) is 20.5. The van der Waals surface area contributed by atoms with Crippen LogP contribution in [0.4, 0.5) is 0 Å². The summed E-state index contributed by atoms with van der Waals surface area (Å²) in [6.45, 7) is 5.18. The van der Waals surface area contributed by atoms with Crippen molar-refractivity contribution < 1.29 is 14.2 Å². The van der Waals surface area contributed by atoms with Gasteiger partial charge in [-0.25, -0.2) is 14.0 Å². The van der Waals surface area contributed by atoms with Gasteiger partial charge < -0.3 is 14.2 Å². The van der Waals surface area contributed by atoms with Crippen LogP contribution in [0.1, 0.15) is 6.42 Å². The summed E-state index contributed by atoms with van der Waals surface area (Å²) >= 11 is 7.67. The summed E-state index contributed by atoms with van der Waals surface area (Å²) < 4.78 is 20.0. The Kier molecular flexibility index (Phi) is 5.47. The Morgan fingerprint density at radius 2 is 2.00 bits per heavy atom. The van der Waals surface area contributed by atoms with Gasteiger partial charge in [-0.2, -0.15) is 5.10 Å². The molecule has 1 aliphatic rings. The molecular weight excluding hydrogens is 428 g/mol. The Labute approximate surface area is 181 Å². The van der Waals surface area contributed by atoms with E-state index in [4.69, 9.17) is 25.8 Å². The van der Waals surface area contributed by atoms with Gasteiger partial charge in [0.05, 0.1) is 38.1 Å². The van der Waals surface area contributed by atoms with Crippen LogP contribution in [0, 0.1) is 0 Å². The van der Waals surface area contributed by atoms with Gasteiger partial charge in [0.25, 0.3) is 5.19 Å². The number of rotatable bonds is 7. The molecule has 0 saturated carbocycles. The summed E-state index contributed by atoms with van der Waals surface area (Å²) in [5.74, 6) is 0.712. The Morgan fingerprint density at radius 3 is 2.80 bits per heavy atom. The number of fused-ring (bicyclic) bond motifs is 2. The van der Waals surface area contributed by atoms with Crippen molar-refractivity contribution in [2.75, 3.05) is 46.6 Å². The third-order valence-electron chi connectivity index (χ3n) is 4.94. The average Bonchev–Trinajstić information content (AvgIpc) is 3.44. The lowest BCUT2D eigenvalue weighted by atomic mass is 10.3. The largest absolute Gasteiger partial charge is 0.491 e. The van der Waals surface area contributed by atoms with Crippen molar-refractivity contribution in [1.82, 2.24) is 29.1 Å². The fourth-order valence-corrected chi connectivity index (χ4v) is 4.34. The van der Waals surface area contributed by atoms with E-state index in [9.17, 15) is 0 Å². The fourth-order valence-electron chi connectivity index (χ4n) is 3.45. The zero-order valence-corrected chi connectivity index (χ0v) is 18.0. The van der Waals surface area contributed by atoms with Crippen LogP contribution in [0.15, 0.2) is 24.5 Å². The first-order chi connectivity index (χ1) is 14.7. The average molecular weight is 449 g/mol. The highest BCUT2D eigenvalue weighted by atomic mass is 35.5. The van der Waals surface area contributed by atoms with Crippen LogP contribution in [0.2, 0.25) is 5.02 Å². The first-order valence-electron chi connectivity index (χ1n) is 9.72. The molecule has 0 unspecified atom stereocenters. The molecule has 5 heterocycles. The van der Waals surface area contributed by atoms with Gasteiger partial charge in [0.2, 0.25) is 4.96 Å². The minimum atomic E-state index is 0.567. The zero-order valence-electron chi connectivity index (χ0n) is 16.5. The van der Waals surface area contributed by atoms with E-state index in [1.807, 2.05) is 18.3 Å². The van der Waals surface area contributed by atoms with Crippen molar-refractivity contribution in [1.29, 1.82) is 0 Å². The minimum absolute atomic E-state index is 0.567. The quantitative estimate of drug-likeness (QED) is 0.402. The van der Waals surface area contributed by atoms with Gasteiger partial charge >= 0.3 is 0 Å². The summed E-state index contributed by atoms with van der Waals surface area (Å²) in [4.78, 5) is 7.74. The van der Waals surface area contributed by atoms with Crippen LogP contribution in [0.5, 0.6) is 10.9 Å². The number of pyridine rings is 1. The monoisotopic (exact) mass is 448 g/mol. The van der Waals surface area contributed by atoms with Gasteiger partial charge in [-0.1, -0.05) is 11.6 Å². The molecule has 1 aliphatic heterocycles. The lowest BCUT2D eigenvalue weighted by Crippen LogP contribution is -2.37. The van der Waals surface area contributed by atoms with Crippen LogP contribution in [0.25, 0.3) is 21.9 Å². The molecule has 11 heteroatoms. The summed E-state index contributed by atoms with van der Waals surface area (Å²) in [5.41, 5.74) is 2.31. The standard InChI is InChI=1S/C19H21ClN6O3S/c1-27-19-23-26-12-15(21-18(26)30-19)14-10-16-17(9-13(20)11-25(16)22-14)29-6-2-3-24-4-7-28-8-5-24/h9-12H,2-8H2,1H3. The third kappa shape index (κ3) is 3.95. The smallest absolute Gasteiger partial charge is 0.294 e. The molecule has 30 heavy (non-hydrogen) atoms. The maximum absolute atomic E-state index is 6.29. The molecule has 0 spiro atoms. The Hall–Kier alpha value is -2.40. The Balaban J connectivity index is 1.33. The van der Waals surface area contributed by atoms with Gasteiger partial charge in [-0.05, 0) is 23.8 Å². The SMILES string of the molecule is COc1nn2cc(-c3cc4c(OCCCN5CCOCC5)cc(Cl)cn4n3)nc2s1.